The van der Waals surface area contributed by atoms with Gasteiger partial charge in [-0.1, -0.05) is 13.8 Å². The number of aliphatic imine (C=N–C) groups is 1. The van der Waals surface area contributed by atoms with E-state index in [1.54, 1.807) is 6.07 Å². The van der Waals surface area contributed by atoms with E-state index in [4.69, 9.17) is 4.74 Å². The van der Waals surface area contributed by atoms with Gasteiger partial charge in [0, 0.05) is 5.56 Å². The summed E-state index contributed by atoms with van der Waals surface area (Å²) in [5, 5.41) is 0. The molecule has 0 heterocycles. The Balaban J connectivity index is 3.31. The van der Waals surface area contributed by atoms with Gasteiger partial charge < -0.3 is 4.74 Å². The molecule has 4 heteroatoms. The summed E-state index contributed by atoms with van der Waals surface area (Å²) in [4.78, 5) is 4.50. The highest BCUT2D eigenvalue weighted by Gasteiger charge is 2.11. The topological polar surface area (TPSA) is 21.6 Å². The van der Waals surface area contributed by atoms with Crippen molar-refractivity contribution in [2.75, 3.05) is 7.11 Å². The Morgan fingerprint density at radius 1 is 1.35 bits per heavy atom. The summed E-state index contributed by atoms with van der Waals surface area (Å²) < 4.78 is 19.6. The van der Waals surface area contributed by atoms with Gasteiger partial charge in [0.1, 0.15) is 0 Å². The number of ether oxygens (including phenoxy) is 1. The van der Waals surface area contributed by atoms with E-state index in [-0.39, 0.29) is 11.6 Å². The molecule has 0 aliphatic carbocycles. The third kappa shape index (κ3) is 4.75. The smallest absolute Gasteiger partial charge is 0.165 e. The Bertz CT molecular complexity index is 531. The third-order valence-corrected chi connectivity index (χ3v) is 2.99. The fourth-order valence-corrected chi connectivity index (χ4v) is 2.26. The standard InChI is InChI=1S/C16H21BrFNO/c1-10(2)8-11(3)16(19-12(4)17)13-6-7-15(20-5)14(18)9-13/h6-7,9-10H,8H2,1-5H3/b16-11+,19-12?. The number of allylic oxidation sites excluding steroid dienone is 1. The summed E-state index contributed by atoms with van der Waals surface area (Å²) >= 11 is 3.35. The lowest BCUT2D eigenvalue weighted by molar-refractivity contribution is 0.386. The third-order valence-electron chi connectivity index (χ3n) is 2.81. The van der Waals surface area contributed by atoms with Gasteiger partial charge in [-0.3, -0.25) is 0 Å². The van der Waals surface area contributed by atoms with Gasteiger partial charge in [-0.15, -0.1) is 0 Å². The number of benzene rings is 1. The van der Waals surface area contributed by atoms with Crippen LogP contribution in [0.1, 0.15) is 39.7 Å². The molecular formula is C16H21BrFNO. The van der Waals surface area contributed by atoms with Crippen LogP contribution < -0.4 is 4.74 Å². The van der Waals surface area contributed by atoms with Crippen molar-refractivity contribution in [3.63, 3.8) is 0 Å². The normalized spacial score (nSPS) is 13.5. The van der Waals surface area contributed by atoms with Crippen molar-refractivity contribution >= 4 is 26.2 Å². The first-order chi connectivity index (χ1) is 9.35. The van der Waals surface area contributed by atoms with Crippen LogP contribution in [0.5, 0.6) is 5.75 Å². The zero-order chi connectivity index (χ0) is 15.3. The first-order valence-electron chi connectivity index (χ1n) is 6.59. The molecule has 2 nitrogen and oxygen atoms in total. The summed E-state index contributed by atoms with van der Waals surface area (Å²) in [7, 11) is 1.46. The molecule has 0 atom stereocenters. The van der Waals surface area contributed by atoms with Crippen LogP contribution in [-0.2, 0) is 0 Å². The minimum Gasteiger partial charge on any atom is -0.494 e. The van der Waals surface area contributed by atoms with E-state index >= 15 is 0 Å². The maximum atomic E-state index is 13.9. The van der Waals surface area contributed by atoms with Crippen LogP contribution in [0.3, 0.4) is 0 Å². The number of rotatable bonds is 5. The first kappa shape index (κ1) is 16.9. The molecule has 0 saturated heterocycles. The second-order valence-corrected chi connectivity index (χ2v) is 6.33. The Hall–Kier alpha value is -1.16. The second-order valence-electron chi connectivity index (χ2n) is 5.19. The fraction of sp³-hybridized carbons (Fsp3) is 0.438. The molecule has 0 radical (unpaired) electrons. The average molecular weight is 342 g/mol. The monoisotopic (exact) mass is 341 g/mol. The molecule has 0 N–H and O–H groups in total. The molecule has 0 aromatic heterocycles. The lowest BCUT2D eigenvalue weighted by atomic mass is 9.99. The van der Waals surface area contributed by atoms with Crippen LogP contribution >= 0.6 is 15.9 Å². The molecule has 0 aliphatic rings. The Morgan fingerprint density at radius 2 is 2.00 bits per heavy atom. The Morgan fingerprint density at radius 3 is 2.45 bits per heavy atom. The van der Waals surface area contributed by atoms with Crippen molar-refractivity contribution in [3.8, 4) is 5.75 Å². The van der Waals surface area contributed by atoms with Crippen LogP contribution in [0.2, 0.25) is 0 Å². The minimum atomic E-state index is -0.373. The Labute approximate surface area is 128 Å². The molecular weight excluding hydrogens is 321 g/mol. The van der Waals surface area contributed by atoms with Gasteiger partial charge >= 0.3 is 0 Å². The van der Waals surface area contributed by atoms with E-state index in [2.05, 4.69) is 34.8 Å². The molecule has 1 aromatic carbocycles. The molecule has 1 rings (SSSR count). The van der Waals surface area contributed by atoms with E-state index in [1.807, 2.05) is 19.9 Å². The highest BCUT2D eigenvalue weighted by Crippen LogP contribution is 2.28. The van der Waals surface area contributed by atoms with Crippen molar-refractivity contribution in [2.45, 2.75) is 34.1 Å². The highest BCUT2D eigenvalue weighted by atomic mass is 79.9. The molecule has 1 aromatic rings. The largest absolute Gasteiger partial charge is 0.494 e. The zero-order valence-corrected chi connectivity index (χ0v) is 14.2. The summed E-state index contributed by atoms with van der Waals surface area (Å²) in [6, 6.07) is 4.93. The molecule has 110 valence electrons. The predicted octanol–water partition coefficient (Wildman–Crippen LogP) is 5.42. The van der Waals surface area contributed by atoms with Gasteiger partial charge in [0.15, 0.2) is 11.6 Å². The molecule has 0 bridgehead atoms. The maximum Gasteiger partial charge on any atom is 0.165 e. The van der Waals surface area contributed by atoms with Gasteiger partial charge in [0.2, 0.25) is 0 Å². The number of nitrogens with zero attached hydrogens (tertiary/aromatic N) is 1. The first-order valence-corrected chi connectivity index (χ1v) is 7.39. The highest BCUT2D eigenvalue weighted by molar-refractivity contribution is 9.18. The SMILES string of the molecule is COc1ccc(/C(N=C(C)Br)=C(/C)CC(C)C)cc1F. The average Bonchev–Trinajstić information content (AvgIpc) is 2.34. The molecule has 0 aliphatic heterocycles. The summed E-state index contributed by atoms with van der Waals surface area (Å²) in [6.45, 7) is 8.21. The van der Waals surface area contributed by atoms with Gasteiger partial charge in [-0.2, -0.15) is 0 Å². The summed E-state index contributed by atoms with van der Waals surface area (Å²) in [5.74, 6) is 0.398. The van der Waals surface area contributed by atoms with Crippen LogP contribution in [0.15, 0.2) is 28.8 Å². The number of methoxy groups -OCH3 is 1. The van der Waals surface area contributed by atoms with Gasteiger partial charge in [-0.25, -0.2) is 9.38 Å². The van der Waals surface area contributed by atoms with Crippen LogP contribution in [0.4, 0.5) is 4.39 Å². The molecule has 20 heavy (non-hydrogen) atoms. The molecule has 0 fully saturated rings. The predicted molar refractivity (Wildman–Crippen MR) is 87.0 cm³/mol. The van der Waals surface area contributed by atoms with Crippen molar-refractivity contribution in [2.24, 2.45) is 10.9 Å². The lowest BCUT2D eigenvalue weighted by Crippen LogP contribution is -1.96. The second kappa shape index (κ2) is 7.58. The van der Waals surface area contributed by atoms with Gasteiger partial charge in [0.25, 0.3) is 0 Å². The Kier molecular flexibility index (Phi) is 6.40. The van der Waals surface area contributed by atoms with Crippen LogP contribution in [0.25, 0.3) is 5.70 Å². The molecule has 0 spiro atoms. The molecule has 0 unspecified atom stereocenters. The van der Waals surface area contributed by atoms with E-state index in [0.717, 1.165) is 27.9 Å². The van der Waals surface area contributed by atoms with Crippen LogP contribution in [0, 0.1) is 11.7 Å². The minimum absolute atomic E-state index is 0.245. The van der Waals surface area contributed by atoms with E-state index in [1.165, 1.54) is 13.2 Å². The van der Waals surface area contributed by atoms with E-state index in [0.29, 0.717) is 5.92 Å². The summed E-state index contributed by atoms with van der Waals surface area (Å²) in [6.07, 6.45) is 0.923. The van der Waals surface area contributed by atoms with Crippen molar-refractivity contribution in [1.29, 1.82) is 0 Å². The zero-order valence-electron chi connectivity index (χ0n) is 12.6. The van der Waals surface area contributed by atoms with E-state index in [9.17, 15) is 4.39 Å². The molecule has 0 saturated carbocycles. The number of halogens is 2. The van der Waals surface area contributed by atoms with Crippen molar-refractivity contribution < 1.29 is 9.13 Å². The summed E-state index contributed by atoms with van der Waals surface area (Å²) in [5.41, 5.74) is 2.72. The van der Waals surface area contributed by atoms with Crippen molar-refractivity contribution in [1.82, 2.24) is 0 Å². The quantitative estimate of drug-likeness (QED) is 0.654. The lowest BCUT2D eigenvalue weighted by Gasteiger charge is -2.12. The van der Waals surface area contributed by atoms with Gasteiger partial charge in [0.05, 0.1) is 17.4 Å². The number of hydrogen-bond acceptors (Lipinski definition) is 2. The van der Waals surface area contributed by atoms with Gasteiger partial charge in [-0.05, 0) is 65.9 Å². The fourth-order valence-electron chi connectivity index (χ4n) is 2.08. The number of hydrogen-bond donors (Lipinski definition) is 0. The molecule has 0 amide bonds. The van der Waals surface area contributed by atoms with E-state index < -0.39 is 0 Å². The van der Waals surface area contributed by atoms with Crippen molar-refractivity contribution in [3.05, 3.63) is 35.2 Å². The maximum absolute atomic E-state index is 13.9. The van der Waals surface area contributed by atoms with Crippen LogP contribution in [-0.4, -0.2) is 11.7 Å².